The van der Waals surface area contributed by atoms with E-state index in [0.29, 0.717) is 39.0 Å². The van der Waals surface area contributed by atoms with Gasteiger partial charge in [-0.15, -0.1) is 5.10 Å². The molecule has 4 aromatic heterocycles. The molecule has 0 amide bonds. The molecule has 2 N–H and O–H groups in total. The molecule has 6 rings (SSSR count). The zero-order valence-corrected chi connectivity index (χ0v) is 21.3. The molecule has 1 aromatic carbocycles. The number of pyridine rings is 3. The summed E-state index contributed by atoms with van der Waals surface area (Å²) in [7, 11) is 0. The minimum absolute atomic E-state index is 0.160. The summed E-state index contributed by atoms with van der Waals surface area (Å²) in [4.78, 5) is 12.2. The van der Waals surface area contributed by atoms with Crippen LogP contribution in [0.15, 0.2) is 55.1 Å². The largest absolute Gasteiger partial charge is 0.373 e. The second-order valence-electron chi connectivity index (χ2n) is 9.24. The molecule has 4 heterocycles. The maximum absolute atomic E-state index is 13.9. The summed E-state index contributed by atoms with van der Waals surface area (Å²) in [5.74, 6) is -2.34. The van der Waals surface area contributed by atoms with Gasteiger partial charge in [-0.25, -0.2) is 14.1 Å². The number of nitrogens with zero attached hydrogens (tertiary/aromatic N) is 7. The molecule has 194 valence electrons. The standard InChI is InChI=1S/C27H20ClF2N9/c1-14-19(3-2-6-32-14)26(23-13-39(38-37-23)18-4-5-18)35-16-7-20-24(36-17-9-22(29)27(30)34-12-17)15(10-31)11-33-25(20)21(28)8-16/h2-3,6-9,11-13,18,26,35H,4-5H2,1H3,(H,33,36). The molecule has 1 saturated carbocycles. The number of fused-ring (bicyclic) bond motifs is 1. The summed E-state index contributed by atoms with van der Waals surface area (Å²) in [6, 6.07) is 10.4. The molecule has 39 heavy (non-hydrogen) atoms. The Labute approximate surface area is 226 Å². The fraction of sp³-hybridized carbons (Fsp3) is 0.185. The van der Waals surface area contributed by atoms with Crippen LogP contribution in [-0.2, 0) is 0 Å². The van der Waals surface area contributed by atoms with Crippen molar-refractivity contribution in [3.8, 4) is 6.07 Å². The van der Waals surface area contributed by atoms with Gasteiger partial charge in [-0.2, -0.15) is 9.65 Å². The van der Waals surface area contributed by atoms with E-state index < -0.39 is 17.8 Å². The Morgan fingerprint density at radius 3 is 2.72 bits per heavy atom. The Bertz CT molecular complexity index is 1760. The Kier molecular flexibility index (Phi) is 6.24. The highest BCUT2D eigenvalue weighted by Crippen LogP contribution is 2.38. The molecule has 1 unspecified atom stereocenters. The molecule has 0 spiro atoms. The quantitative estimate of drug-likeness (QED) is 0.240. The first-order valence-corrected chi connectivity index (χ1v) is 12.5. The van der Waals surface area contributed by atoms with Crippen LogP contribution in [0.25, 0.3) is 10.9 Å². The van der Waals surface area contributed by atoms with Crippen molar-refractivity contribution in [3.05, 3.63) is 94.4 Å². The van der Waals surface area contributed by atoms with E-state index in [9.17, 15) is 14.0 Å². The molecular formula is C27H20ClF2N9. The van der Waals surface area contributed by atoms with E-state index >= 15 is 0 Å². The number of benzene rings is 1. The third kappa shape index (κ3) is 4.82. The monoisotopic (exact) mass is 543 g/mol. The average molecular weight is 544 g/mol. The fourth-order valence-corrected chi connectivity index (χ4v) is 4.68. The molecular weight excluding hydrogens is 524 g/mol. The minimum atomic E-state index is -1.22. The first-order valence-electron chi connectivity index (χ1n) is 12.1. The third-order valence-corrected chi connectivity index (χ3v) is 6.81. The number of rotatable bonds is 7. The lowest BCUT2D eigenvalue weighted by atomic mass is 10.0. The van der Waals surface area contributed by atoms with Crippen molar-refractivity contribution in [3.63, 3.8) is 0 Å². The summed E-state index contributed by atoms with van der Waals surface area (Å²) >= 11 is 6.66. The van der Waals surface area contributed by atoms with Crippen LogP contribution in [0.3, 0.4) is 0 Å². The molecule has 1 fully saturated rings. The van der Waals surface area contributed by atoms with Crippen molar-refractivity contribution in [1.29, 1.82) is 5.26 Å². The smallest absolute Gasteiger partial charge is 0.249 e. The van der Waals surface area contributed by atoms with Crippen LogP contribution in [0.5, 0.6) is 0 Å². The van der Waals surface area contributed by atoms with Crippen LogP contribution in [-0.4, -0.2) is 29.9 Å². The van der Waals surface area contributed by atoms with Gasteiger partial charge < -0.3 is 10.6 Å². The van der Waals surface area contributed by atoms with Crippen LogP contribution >= 0.6 is 11.6 Å². The van der Waals surface area contributed by atoms with Gasteiger partial charge in [-0.3, -0.25) is 9.97 Å². The lowest BCUT2D eigenvalue weighted by Gasteiger charge is -2.21. The van der Waals surface area contributed by atoms with Crippen molar-refractivity contribution in [1.82, 2.24) is 29.9 Å². The van der Waals surface area contributed by atoms with E-state index in [1.54, 1.807) is 18.3 Å². The molecule has 5 aromatic rings. The number of nitrogens with one attached hydrogen (secondary N) is 2. The van der Waals surface area contributed by atoms with Crippen LogP contribution < -0.4 is 10.6 Å². The van der Waals surface area contributed by atoms with Crippen LogP contribution in [0, 0.1) is 30.0 Å². The lowest BCUT2D eigenvalue weighted by molar-refractivity contribution is 0.480. The van der Waals surface area contributed by atoms with Crippen molar-refractivity contribution in [2.45, 2.75) is 31.8 Å². The van der Waals surface area contributed by atoms with Crippen molar-refractivity contribution >= 4 is 39.6 Å². The Morgan fingerprint density at radius 1 is 1.13 bits per heavy atom. The van der Waals surface area contributed by atoms with E-state index in [0.717, 1.165) is 36.4 Å². The van der Waals surface area contributed by atoms with E-state index in [2.05, 4.69) is 42.0 Å². The maximum atomic E-state index is 13.9. The highest BCUT2D eigenvalue weighted by Gasteiger charge is 2.28. The Balaban J connectivity index is 1.45. The molecule has 0 saturated heterocycles. The molecule has 0 bridgehead atoms. The lowest BCUT2D eigenvalue weighted by Crippen LogP contribution is -2.15. The minimum Gasteiger partial charge on any atom is -0.373 e. The van der Waals surface area contributed by atoms with Crippen LogP contribution in [0.2, 0.25) is 5.02 Å². The van der Waals surface area contributed by atoms with Gasteiger partial charge in [-0.05, 0) is 38.0 Å². The normalized spacial score (nSPS) is 13.7. The van der Waals surface area contributed by atoms with Gasteiger partial charge in [0.2, 0.25) is 5.95 Å². The van der Waals surface area contributed by atoms with Gasteiger partial charge in [0.1, 0.15) is 11.8 Å². The predicted molar refractivity (Wildman–Crippen MR) is 142 cm³/mol. The van der Waals surface area contributed by atoms with Gasteiger partial charge in [0.05, 0.1) is 52.0 Å². The topological polar surface area (TPSA) is 117 Å². The average Bonchev–Trinajstić information content (AvgIpc) is 3.67. The van der Waals surface area contributed by atoms with E-state index in [-0.39, 0.29) is 11.3 Å². The van der Waals surface area contributed by atoms with Gasteiger partial charge in [0.25, 0.3) is 0 Å². The van der Waals surface area contributed by atoms with Gasteiger partial charge in [0.15, 0.2) is 5.82 Å². The number of anilines is 3. The Hall–Kier alpha value is -4.69. The summed E-state index contributed by atoms with van der Waals surface area (Å²) in [6.07, 6.45) is 8.32. The Morgan fingerprint density at radius 2 is 1.97 bits per heavy atom. The maximum Gasteiger partial charge on any atom is 0.249 e. The zero-order chi connectivity index (χ0) is 27.1. The third-order valence-electron chi connectivity index (χ3n) is 6.53. The first-order chi connectivity index (χ1) is 18.9. The number of aromatic nitrogens is 6. The number of hydrogen-bond acceptors (Lipinski definition) is 8. The van der Waals surface area contributed by atoms with Crippen LogP contribution in [0.1, 0.15) is 47.4 Å². The van der Waals surface area contributed by atoms with E-state index in [4.69, 9.17) is 11.6 Å². The molecule has 0 radical (unpaired) electrons. The fourth-order valence-electron chi connectivity index (χ4n) is 4.42. The van der Waals surface area contributed by atoms with Crippen LogP contribution in [0.4, 0.5) is 25.8 Å². The van der Waals surface area contributed by atoms with Crippen molar-refractivity contribution in [2.75, 3.05) is 10.6 Å². The zero-order valence-electron chi connectivity index (χ0n) is 20.5. The highest BCUT2D eigenvalue weighted by molar-refractivity contribution is 6.36. The molecule has 9 nitrogen and oxygen atoms in total. The SMILES string of the molecule is Cc1ncccc1C(Nc1cc(Cl)c2ncc(C#N)c(Nc3cnc(F)c(F)c3)c2c1)c1cn(C2CC2)nn1. The predicted octanol–water partition coefficient (Wildman–Crippen LogP) is 6.01. The molecule has 1 aliphatic carbocycles. The van der Waals surface area contributed by atoms with Gasteiger partial charge in [0, 0.05) is 40.8 Å². The number of nitriles is 1. The summed E-state index contributed by atoms with van der Waals surface area (Å²) in [5.41, 5.74) is 4.16. The number of hydrogen-bond donors (Lipinski definition) is 2. The number of halogens is 3. The van der Waals surface area contributed by atoms with Gasteiger partial charge >= 0.3 is 0 Å². The molecule has 1 aliphatic rings. The van der Waals surface area contributed by atoms with E-state index in [1.165, 1.54) is 6.20 Å². The van der Waals surface area contributed by atoms with E-state index in [1.807, 2.05) is 29.9 Å². The van der Waals surface area contributed by atoms with Crippen molar-refractivity contribution in [2.24, 2.45) is 0 Å². The van der Waals surface area contributed by atoms with Crippen molar-refractivity contribution < 1.29 is 8.78 Å². The molecule has 12 heteroatoms. The second-order valence-corrected chi connectivity index (χ2v) is 9.65. The summed E-state index contributed by atoms with van der Waals surface area (Å²) in [6.45, 7) is 1.92. The van der Waals surface area contributed by atoms with Gasteiger partial charge in [-0.1, -0.05) is 22.9 Å². The molecule has 0 aliphatic heterocycles. The molecule has 1 atom stereocenters. The second kappa shape index (κ2) is 9.89. The first kappa shape index (κ1) is 24.6. The summed E-state index contributed by atoms with van der Waals surface area (Å²) < 4.78 is 29.1. The number of aryl methyl sites for hydroxylation is 1. The highest BCUT2D eigenvalue weighted by atomic mass is 35.5. The summed E-state index contributed by atoms with van der Waals surface area (Å²) in [5, 5.41) is 25.8.